The number of hydrogen-bond acceptors (Lipinski definition) is 5. The van der Waals surface area contributed by atoms with E-state index in [-0.39, 0.29) is 28.4 Å². The van der Waals surface area contributed by atoms with Gasteiger partial charge < -0.3 is 15.7 Å². The molecule has 0 unspecified atom stereocenters. The van der Waals surface area contributed by atoms with Crippen molar-refractivity contribution in [2.45, 2.75) is 0 Å². The number of Topliss-reactive ketones (excluding diaryl/α,β-unsaturated/α-hetero) is 2. The molecule has 0 radical (unpaired) electrons. The van der Waals surface area contributed by atoms with Crippen molar-refractivity contribution in [1.29, 1.82) is 0 Å². The third-order valence-electron chi connectivity index (χ3n) is 2.92. The molecule has 0 bridgehead atoms. The van der Waals surface area contributed by atoms with Gasteiger partial charge in [-0.3, -0.25) is 19.2 Å². The number of allylic oxidation sites excluding steroid dienone is 2. The average molecular weight is 323 g/mol. The van der Waals surface area contributed by atoms with Crippen molar-refractivity contribution in [1.82, 2.24) is 10.6 Å². The molecule has 7 nitrogen and oxygen atoms in total. The molecular formula is C14H11ClN2O5. The molecule has 1 aliphatic carbocycles. The molecule has 0 spiro atoms. The molecule has 1 amide bonds. The summed E-state index contributed by atoms with van der Waals surface area (Å²) in [5.74, 6) is -2.83. The maximum atomic E-state index is 12.3. The van der Waals surface area contributed by atoms with E-state index in [4.69, 9.17) is 16.7 Å². The van der Waals surface area contributed by atoms with Crippen LogP contribution in [0.1, 0.15) is 20.7 Å². The Morgan fingerprint density at radius 1 is 1.05 bits per heavy atom. The van der Waals surface area contributed by atoms with E-state index in [2.05, 4.69) is 10.6 Å². The second kappa shape index (κ2) is 6.40. The third-order valence-corrected chi connectivity index (χ3v) is 3.29. The predicted molar refractivity (Wildman–Crippen MR) is 76.6 cm³/mol. The Morgan fingerprint density at radius 3 is 2.23 bits per heavy atom. The number of amides is 1. The molecule has 114 valence electrons. The van der Waals surface area contributed by atoms with Gasteiger partial charge >= 0.3 is 5.97 Å². The summed E-state index contributed by atoms with van der Waals surface area (Å²) in [5.41, 5.74) is 0.236. The molecule has 3 N–H and O–H groups in total. The first-order valence-electron chi connectivity index (χ1n) is 6.22. The molecule has 1 aromatic carbocycles. The van der Waals surface area contributed by atoms with Crippen LogP contribution >= 0.6 is 11.6 Å². The van der Waals surface area contributed by atoms with Crippen molar-refractivity contribution in [2.75, 3.05) is 13.1 Å². The molecular weight excluding hydrogens is 312 g/mol. The fourth-order valence-electron chi connectivity index (χ4n) is 1.91. The summed E-state index contributed by atoms with van der Waals surface area (Å²) in [6.45, 7) is -0.914. The van der Waals surface area contributed by atoms with Gasteiger partial charge in [0.25, 0.3) is 0 Å². The number of ketones is 2. The van der Waals surface area contributed by atoms with Crippen LogP contribution in [0.2, 0.25) is 0 Å². The van der Waals surface area contributed by atoms with E-state index >= 15 is 0 Å². The number of hydrogen-bond donors (Lipinski definition) is 3. The van der Waals surface area contributed by atoms with Gasteiger partial charge in [-0.25, -0.2) is 0 Å². The number of carbonyl (C=O) groups is 4. The zero-order valence-corrected chi connectivity index (χ0v) is 11.9. The molecule has 0 aliphatic heterocycles. The van der Waals surface area contributed by atoms with Gasteiger partial charge in [0.05, 0.1) is 6.54 Å². The number of carboxylic acid groups (broad SMARTS) is 1. The van der Waals surface area contributed by atoms with E-state index in [1.54, 1.807) is 12.1 Å². The highest BCUT2D eigenvalue weighted by Gasteiger charge is 2.31. The molecule has 8 heteroatoms. The number of carbonyl (C=O) groups excluding carboxylic acids is 3. The van der Waals surface area contributed by atoms with Gasteiger partial charge in [-0.1, -0.05) is 35.9 Å². The number of halogens is 1. The van der Waals surface area contributed by atoms with Crippen molar-refractivity contribution in [3.8, 4) is 0 Å². The minimum absolute atomic E-state index is 0.171. The first-order valence-corrected chi connectivity index (χ1v) is 6.60. The summed E-state index contributed by atoms with van der Waals surface area (Å²) >= 11 is 5.89. The molecule has 0 saturated heterocycles. The van der Waals surface area contributed by atoms with Crippen LogP contribution in [0, 0.1) is 0 Å². The van der Waals surface area contributed by atoms with Crippen LogP contribution in [0.5, 0.6) is 0 Å². The lowest BCUT2D eigenvalue weighted by Gasteiger charge is -2.18. The summed E-state index contributed by atoms with van der Waals surface area (Å²) in [4.78, 5) is 46.1. The molecule has 0 atom stereocenters. The molecule has 22 heavy (non-hydrogen) atoms. The smallest absolute Gasteiger partial charge is 0.322 e. The van der Waals surface area contributed by atoms with Gasteiger partial charge in [0.2, 0.25) is 17.5 Å². The Hall–Kier alpha value is -2.67. The van der Waals surface area contributed by atoms with Crippen LogP contribution in [-0.4, -0.2) is 41.6 Å². The zero-order valence-electron chi connectivity index (χ0n) is 11.2. The lowest BCUT2D eigenvalue weighted by molar-refractivity contribution is -0.137. The van der Waals surface area contributed by atoms with Crippen LogP contribution < -0.4 is 10.6 Å². The summed E-state index contributed by atoms with van der Waals surface area (Å²) in [6, 6.07) is 6.21. The quantitative estimate of drug-likeness (QED) is 0.719. The largest absolute Gasteiger partial charge is 0.480 e. The van der Waals surface area contributed by atoms with E-state index in [1.807, 2.05) is 0 Å². The van der Waals surface area contributed by atoms with Crippen molar-refractivity contribution < 1.29 is 24.3 Å². The summed E-state index contributed by atoms with van der Waals surface area (Å²) < 4.78 is 0. The van der Waals surface area contributed by atoms with E-state index < -0.39 is 30.0 Å². The van der Waals surface area contributed by atoms with Gasteiger partial charge in [-0.15, -0.1) is 0 Å². The lowest BCUT2D eigenvalue weighted by atomic mass is 9.92. The molecule has 2 rings (SSSR count). The minimum Gasteiger partial charge on any atom is -0.480 e. The average Bonchev–Trinajstić information content (AvgIpc) is 2.50. The Bertz CT molecular complexity index is 711. The van der Waals surface area contributed by atoms with Gasteiger partial charge in [0.15, 0.2) is 0 Å². The monoisotopic (exact) mass is 322 g/mol. The van der Waals surface area contributed by atoms with Crippen LogP contribution in [0.3, 0.4) is 0 Å². The maximum Gasteiger partial charge on any atom is 0.322 e. The van der Waals surface area contributed by atoms with Gasteiger partial charge in [-0.2, -0.15) is 0 Å². The van der Waals surface area contributed by atoms with Gasteiger partial charge in [0, 0.05) is 11.1 Å². The van der Waals surface area contributed by atoms with Crippen molar-refractivity contribution >= 4 is 35.0 Å². The van der Waals surface area contributed by atoms with E-state index in [1.165, 1.54) is 12.1 Å². The number of nitrogens with one attached hydrogen (secondary N) is 2. The van der Waals surface area contributed by atoms with E-state index in [0.29, 0.717) is 0 Å². The Morgan fingerprint density at radius 2 is 1.64 bits per heavy atom. The number of aliphatic carboxylic acids is 1. The number of fused-ring (bicyclic) bond motifs is 1. The van der Waals surface area contributed by atoms with Crippen molar-refractivity contribution in [2.24, 2.45) is 0 Å². The second-order valence-electron chi connectivity index (χ2n) is 4.42. The highest BCUT2D eigenvalue weighted by molar-refractivity contribution is 6.49. The maximum absolute atomic E-state index is 12.3. The van der Waals surface area contributed by atoms with Crippen LogP contribution in [-0.2, 0) is 9.59 Å². The molecule has 0 heterocycles. The van der Waals surface area contributed by atoms with Gasteiger partial charge in [0.1, 0.15) is 17.3 Å². The van der Waals surface area contributed by atoms with E-state index in [9.17, 15) is 19.2 Å². The van der Waals surface area contributed by atoms with Crippen LogP contribution in [0.4, 0.5) is 0 Å². The fraction of sp³-hybridized carbons (Fsp3) is 0.143. The Labute approximate surface area is 129 Å². The summed E-state index contributed by atoms with van der Waals surface area (Å²) in [7, 11) is 0. The Balaban J connectivity index is 2.13. The SMILES string of the molecule is O=C(O)CNC(=O)CNC1=C(Cl)C(=O)c2ccccc2C1=O. The summed E-state index contributed by atoms with van der Waals surface area (Å²) in [5, 5.41) is 12.8. The zero-order chi connectivity index (χ0) is 16.3. The summed E-state index contributed by atoms with van der Waals surface area (Å²) in [6.07, 6.45) is 0. The first-order chi connectivity index (χ1) is 10.4. The highest BCUT2D eigenvalue weighted by Crippen LogP contribution is 2.26. The topological polar surface area (TPSA) is 113 Å². The molecule has 1 aliphatic rings. The molecule has 0 saturated carbocycles. The third kappa shape index (κ3) is 3.15. The molecule has 0 fully saturated rings. The standard InChI is InChI=1S/C14H11ClN2O5/c15-11-12(17-5-9(18)16-6-10(19)20)14(22)8-4-2-1-3-7(8)13(11)21/h1-4,17H,5-6H2,(H,16,18)(H,19,20). The molecule has 1 aromatic rings. The van der Waals surface area contributed by atoms with Crippen molar-refractivity contribution in [3.63, 3.8) is 0 Å². The normalized spacial score (nSPS) is 13.7. The van der Waals surface area contributed by atoms with Crippen LogP contribution in [0.25, 0.3) is 0 Å². The van der Waals surface area contributed by atoms with E-state index in [0.717, 1.165) is 0 Å². The van der Waals surface area contributed by atoms with Crippen molar-refractivity contribution in [3.05, 3.63) is 46.1 Å². The number of rotatable bonds is 5. The van der Waals surface area contributed by atoms with Crippen LogP contribution in [0.15, 0.2) is 35.0 Å². The molecule has 0 aromatic heterocycles. The first kappa shape index (κ1) is 15.7. The second-order valence-corrected chi connectivity index (χ2v) is 4.79. The minimum atomic E-state index is -1.19. The van der Waals surface area contributed by atoms with Gasteiger partial charge in [-0.05, 0) is 0 Å². The fourth-order valence-corrected chi connectivity index (χ4v) is 2.16. The lowest BCUT2D eigenvalue weighted by Crippen LogP contribution is -2.39. The number of benzene rings is 1. The predicted octanol–water partition coefficient (Wildman–Crippen LogP) is 0.306. The number of carboxylic acids is 1. The Kier molecular flexibility index (Phi) is 4.57. The highest BCUT2D eigenvalue weighted by atomic mass is 35.5.